The van der Waals surface area contributed by atoms with Crippen LogP contribution < -0.4 is 10.1 Å². The zero-order valence-electron chi connectivity index (χ0n) is 11.3. The van der Waals surface area contributed by atoms with Crippen LogP contribution in [0.4, 0.5) is 0 Å². The molecule has 0 radical (unpaired) electrons. The molecule has 1 aliphatic rings. The van der Waals surface area contributed by atoms with Gasteiger partial charge >= 0.3 is 0 Å². The van der Waals surface area contributed by atoms with Crippen molar-refractivity contribution in [3.63, 3.8) is 0 Å². The van der Waals surface area contributed by atoms with Gasteiger partial charge in [-0.2, -0.15) is 0 Å². The van der Waals surface area contributed by atoms with Gasteiger partial charge in [0.15, 0.2) is 11.5 Å². The van der Waals surface area contributed by atoms with Crippen molar-refractivity contribution in [3.05, 3.63) is 23.8 Å². The number of phenolic OH excluding ortho intramolecular Hbond substituents is 1. The summed E-state index contributed by atoms with van der Waals surface area (Å²) >= 11 is 0. The van der Waals surface area contributed by atoms with Crippen LogP contribution in [0.25, 0.3) is 0 Å². The number of hydrogen-bond acceptors (Lipinski definition) is 3. The smallest absolute Gasteiger partial charge is 0.162 e. The van der Waals surface area contributed by atoms with Gasteiger partial charge in [0, 0.05) is 18.2 Å². The van der Waals surface area contributed by atoms with Gasteiger partial charge in [-0.25, -0.2) is 0 Å². The summed E-state index contributed by atoms with van der Waals surface area (Å²) in [5, 5.41) is 13.6. The Hall–Kier alpha value is -1.22. The Bertz CT molecular complexity index is 392. The molecule has 0 spiro atoms. The van der Waals surface area contributed by atoms with E-state index in [1.165, 1.54) is 19.3 Å². The van der Waals surface area contributed by atoms with Crippen molar-refractivity contribution >= 4 is 0 Å². The quantitative estimate of drug-likeness (QED) is 0.842. The van der Waals surface area contributed by atoms with Crippen molar-refractivity contribution in [1.82, 2.24) is 5.32 Å². The van der Waals surface area contributed by atoms with Crippen molar-refractivity contribution in [2.24, 2.45) is 5.92 Å². The van der Waals surface area contributed by atoms with Crippen LogP contribution in [0.15, 0.2) is 18.2 Å². The second-order valence-electron chi connectivity index (χ2n) is 5.19. The maximum absolute atomic E-state index is 10.1. The Morgan fingerprint density at radius 2 is 2.22 bits per heavy atom. The number of hydrogen-bond donors (Lipinski definition) is 2. The Labute approximate surface area is 109 Å². The van der Waals surface area contributed by atoms with Gasteiger partial charge in [0.1, 0.15) is 0 Å². The van der Waals surface area contributed by atoms with Crippen LogP contribution in [0, 0.1) is 5.92 Å². The van der Waals surface area contributed by atoms with Gasteiger partial charge in [0.25, 0.3) is 0 Å². The molecule has 1 aliphatic carbocycles. The maximum Gasteiger partial charge on any atom is 0.162 e. The van der Waals surface area contributed by atoms with E-state index in [1.54, 1.807) is 6.07 Å². The number of phenols is 1. The van der Waals surface area contributed by atoms with E-state index in [-0.39, 0.29) is 5.75 Å². The van der Waals surface area contributed by atoms with E-state index in [1.807, 2.05) is 19.1 Å². The summed E-state index contributed by atoms with van der Waals surface area (Å²) in [6, 6.07) is 6.28. The Morgan fingerprint density at radius 3 is 2.89 bits per heavy atom. The zero-order valence-corrected chi connectivity index (χ0v) is 11.3. The molecule has 100 valence electrons. The molecule has 0 bridgehead atoms. The van der Waals surface area contributed by atoms with Crippen LogP contribution in [0.2, 0.25) is 0 Å². The lowest BCUT2D eigenvalue weighted by Crippen LogP contribution is -2.25. The van der Waals surface area contributed by atoms with E-state index in [9.17, 15) is 5.11 Å². The first-order chi connectivity index (χ1) is 8.70. The molecule has 1 saturated carbocycles. The third-order valence-corrected chi connectivity index (χ3v) is 3.66. The van der Waals surface area contributed by atoms with Crippen molar-refractivity contribution in [2.45, 2.75) is 45.7 Å². The van der Waals surface area contributed by atoms with Crippen LogP contribution in [0.5, 0.6) is 11.5 Å². The van der Waals surface area contributed by atoms with E-state index >= 15 is 0 Å². The van der Waals surface area contributed by atoms with E-state index in [0.717, 1.165) is 11.5 Å². The van der Waals surface area contributed by atoms with Crippen LogP contribution >= 0.6 is 0 Å². The lowest BCUT2D eigenvalue weighted by atomic mass is 10.1. The maximum atomic E-state index is 10.1. The molecule has 3 heteroatoms. The Kier molecular flexibility index (Phi) is 4.48. The van der Waals surface area contributed by atoms with Gasteiger partial charge in [0.05, 0.1) is 6.61 Å². The van der Waals surface area contributed by atoms with Crippen LogP contribution in [-0.4, -0.2) is 17.8 Å². The number of benzene rings is 1. The molecule has 0 aliphatic heterocycles. The van der Waals surface area contributed by atoms with Gasteiger partial charge in [-0.05, 0) is 38.2 Å². The predicted molar refractivity (Wildman–Crippen MR) is 72.9 cm³/mol. The molecule has 0 saturated heterocycles. The summed E-state index contributed by atoms with van der Waals surface area (Å²) < 4.78 is 5.39. The Morgan fingerprint density at radius 1 is 1.39 bits per heavy atom. The topological polar surface area (TPSA) is 41.5 Å². The molecule has 0 amide bonds. The van der Waals surface area contributed by atoms with Crippen LogP contribution in [-0.2, 0) is 6.54 Å². The minimum atomic E-state index is 0.276. The largest absolute Gasteiger partial charge is 0.504 e. The molecule has 2 unspecified atom stereocenters. The molecular formula is C15H23NO2. The second kappa shape index (κ2) is 6.10. The summed E-state index contributed by atoms with van der Waals surface area (Å²) in [6.07, 6.45) is 3.79. The minimum absolute atomic E-state index is 0.276. The summed E-state index contributed by atoms with van der Waals surface area (Å²) in [5.74, 6) is 1.68. The number of nitrogens with one attached hydrogen (secondary N) is 1. The summed E-state index contributed by atoms with van der Waals surface area (Å²) in [6.45, 7) is 5.51. The van der Waals surface area contributed by atoms with Crippen molar-refractivity contribution < 1.29 is 9.84 Å². The molecule has 0 heterocycles. The fourth-order valence-corrected chi connectivity index (χ4v) is 2.63. The first-order valence-corrected chi connectivity index (χ1v) is 6.87. The number of aromatic hydroxyl groups is 1. The molecule has 2 rings (SSSR count). The molecular weight excluding hydrogens is 226 g/mol. The van der Waals surface area contributed by atoms with Crippen molar-refractivity contribution in [3.8, 4) is 11.5 Å². The van der Waals surface area contributed by atoms with Crippen molar-refractivity contribution in [1.29, 1.82) is 0 Å². The standard InChI is InChI=1S/C15H23NO2/c1-3-18-14-6-4-5-12(15(14)17)10-16-13-8-7-11(2)9-13/h4-6,11,13,16-17H,3,7-10H2,1-2H3. The van der Waals surface area contributed by atoms with E-state index < -0.39 is 0 Å². The van der Waals surface area contributed by atoms with Gasteiger partial charge < -0.3 is 15.2 Å². The predicted octanol–water partition coefficient (Wildman–Crippen LogP) is 3.07. The third kappa shape index (κ3) is 3.16. The highest BCUT2D eigenvalue weighted by molar-refractivity contribution is 5.45. The summed E-state index contributed by atoms with van der Waals surface area (Å²) in [5.41, 5.74) is 0.917. The van der Waals surface area contributed by atoms with Crippen LogP contribution in [0.1, 0.15) is 38.7 Å². The summed E-state index contributed by atoms with van der Waals surface area (Å²) in [4.78, 5) is 0. The lowest BCUT2D eigenvalue weighted by molar-refractivity contribution is 0.316. The van der Waals surface area contributed by atoms with E-state index in [0.29, 0.717) is 24.9 Å². The second-order valence-corrected chi connectivity index (χ2v) is 5.19. The minimum Gasteiger partial charge on any atom is -0.504 e. The molecule has 2 atom stereocenters. The Balaban J connectivity index is 1.94. The lowest BCUT2D eigenvalue weighted by Gasteiger charge is -2.14. The van der Waals surface area contributed by atoms with Gasteiger partial charge in [0.2, 0.25) is 0 Å². The van der Waals surface area contributed by atoms with Gasteiger partial charge in [-0.1, -0.05) is 19.1 Å². The normalized spacial score (nSPS) is 23.2. The molecule has 1 aromatic rings. The fourth-order valence-electron chi connectivity index (χ4n) is 2.63. The number of ether oxygens (including phenoxy) is 1. The first kappa shape index (κ1) is 13.2. The SMILES string of the molecule is CCOc1cccc(CNC2CCC(C)C2)c1O. The highest BCUT2D eigenvalue weighted by Crippen LogP contribution is 2.30. The molecule has 2 N–H and O–H groups in total. The monoisotopic (exact) mass is 249 g/mol. The van der Waals surface area contributed by atoms with E-state index in [4.69, 9.17) is 4.74 Å². The molecule has 0 aromatic heterocycles. The highest BCUT2D eigenvalue weighted by atomic mass is 16.5. The number of para-hydroxylation sites is 1. The average molecular weight is 249 g/mol. The van der Waals surface area contributed by atoms with Crippen LogP contribution in [0.3, 0.4) is 0 Å². The average Bonchev–Trinajstić information content (AvgIpc) is 2.77. The first-order valence-electron chi connectivity index (χ1n) is 6.87. The van der Waals surface area contributed by atoms with Gasteiger partial charge in [-0.3, -0.25) is 0 Å². The van der Waals surface area contributed by atoms with Gasteiger partial charge in [-0.15, -0.1) is 0 Å². The highest BCUT2D eigenvalue weighted by Gasteiger charge is 2.21. The third-order valence-electron chi connectivity index (χ3n) is 3.66. The molecule has 18 heavy (non-hydrogen) atoms. The molecule has 3 nitrogen and oxygen atoms in total. The van der Waals surface area contributed by atoms with E-state index in [2.05, 4.69) is 12.2 Å². The van der Waals surface area contributed by atoms with Crippen molar-refractivity contribution in [2.75, 3.05) is 6.61 Å². The zero-order chi connectivity index (χ0) is 13.0. The number of rotatable bonds is 5. The molecule has 1 fully saturated rings. The molecule has 1 aromatic carbocycles. The fraction of sp³-hybridized carbons (Fsp3) is 0.600. The summed E-state index contributed by atoms with van der Waals surface area (Å²) in [7, 11) is 0.